The van der Waals surface area contributed by atoms with Crippen LogP contribution >= 0.6 is 0 Å². The number of aromatic nitrogens is 1. The Morgan fingerprint density at radius 3 is 2.67 bits per heavy atom. The lowest BCUT2D eigenvalue weighted by molar-refractivity contribution is 0.294. The fraction of sp³-hybridized carbons (Fsp3) is 0.353. The molecule has 0 unspecified atom stereocenters. The Bertz CT molecular complexity index is 541. The Balaban J connectivity index is 1.88. The molecule has 4 nitrogen and oxygen atoms in total. The predicted molar refractivity (Wildman–Crippen MR) is 83.6 cm³/mol. The lowest BCUT2D eigenvalue weighted by Crippen LogP contribution is -2.13. The molecule has 1 N–H and O–H groups in total. The van der Waals surface area contributed by atoms with Gasteiger partial charge in [-0.25, -0.2) is 4.98 Å². The van der Waals surface area contributed by atoms with Gasteiger partial charge in [0.15, 0.2) is 0 Å². The van der Waals surface area contributed by atoms with Crippen molar-refractivity contribution >= 4 is 0 Å². The molecule has 0 spiro atoms. The quantitative estimate of drug-likeness (QED) is 0.757. The minimum atomic E-state index is 0.449. The van der Waals surface area contributed by atoms with Crippen molar-refractivity contribution in [2.45, 2.75) is 26.5 Å². The Morgan fingerprint density at radius 2 is 1.95 bits per heavy atom. The second-order valence-electron chi connectivity index (χ2n) is 4.78. The Morgan fingerprint density at radius 1 is 1.14 bits per heavy atom. The molecule has 1 heterocycles. The molecule has 2 rings (SSSR count). The van der Waals surface area contributed by atoms with Crippen molar-refractivity contribution in [3.05, 3.63) is 53.7 Å². The molecule has 0 aliphatic heterocycles. The van der Waals surface area contributed by atoms with Crippen molar-refractivity contribution < 1.29 is 9.47 Å². The van der Waals surface area contributed by atoms with Crippen LogP contribution in [0.4, 0.5) is 0 Å². The van der Waals surface area contributed by atoms with E-state index in [-0.39, 0.29) is 0 Å². The van der Waals surface area contributed by atoms with Crippen molar-refractivity contribution in [1.82, 2.24) is 10.3 Å². The van der Waals surface area contributed by atoms with Gasteiger partial charge in [-0.05, 0) is 42.8 Å². The lowest BCUT2D eigenvalue weighted by Gasteiger charge is -2.10. The van der Waals surface area contributed by atoms with Gasteiger partial charge in [-0.2, -0.15) is 0 Å². The van der Waals surface area contributed by atoms with Crippen LogP contribution < -0.4 is 14.8 Å². The standard InChI is InChI=1S/C17H22N2O2/c1-3-10-18-12-14-6-8-16(9-7-14)21-13-15-5-4-11-19-17(15)20-2/h4-9,11,18H,3,10,12-13H2,1-2H3. The molecule has 0 fully saturated rings. The van der Waals surface area contributed by atoms with Gasteiger partial charge < -0.3 is 14.8 Å². The number of nitrogens with zero attached hydrogens (tertiary/aromatic N) is 1. The van der Waals surface area contributed by atoms with Crippen molar-refractivity contribution in [1.29, 1.82) is 0 Å². The highest BCUT2D eigenvalue weighted by molar-refractivity contribution is 5.29. The minimum absolute atomic E-state index is 0.449. The van der Waals surface area contributed by atoms with Gasteiger partial charge >= 0.3 is 0 Å². The van der Waals surface area contributed by atoms with Crippen molar-refractivity contribution in [2.24, 2.45) is 0 Å². The number of ether oxygens (including phenoxy) is 2. The van der Waals surface area contributed by atoms with Crippen LogP contribution in [0.5, 0.6) is 11.6 Å². The number of rotatable bonds is 8. The first-order valence-electron chi connectivity index (χ1n) is 7.24. The van der Waals surface area contributed by atoms with E-state index in [1.165, 1.54) is 5.56 Å². The van der Waals surface area contributed by atoms with E-state index in [4.69, 9.17) is 9.47 Å². The van der Waals surface area contributed by atoms with E-state index in [2.05, 4.69) is 29.4 Å². The van der Waals surface area contributed by atoms with E-state index in [0.29, 0.717) is 12.5 Å². The van der Waals surface area contributed by atoms with Gasteiger partial charge in [0.2, 0.25) is 5.88 Å². The first kappa shape index (κ1) is 15.3. The molecule has 4 heteroatoms. The van der Waals surface area contributed by atoms with Gasteiger partial charge in [0, 0.05) is 12.7 Å². The smallest absolute Gasteiger partial charge is 0.219 e. The van der Waals surface area contributed by atoms with Crippen molar-refractivity contribution in [2.75, 3.05) is 13.7 Å². The van der Waals surface area contributed by atoms with Gasteiger partial charge in [-0.1, -0.05) is 19.1 Å². The third-order valence-electron chi connectivity index (χ3n) is 3.12. The summed E-state index contributed by atoms with van der Waals surface area (Å²) in [6, 6.07) is 12.0. The van der Waals surface area contributed by atoms with E-state index >= 15 is 0 Å². The highest BCUT2D eigenvalue weighted by Gasteiger charge is 2.04. The highest BCUT2D eigenvalue weighted by Crippen LogP contribution is 2.18. The average molecular weight is 286 g/mol. The molecule has 1 aromatic heterocycles. The first-order valence-corrected chi connectivity index (χ1v) is 7.24. The third kappa shape index (κ3) is 4.76. The molecule has 0 aliphatic rings. The van der Waals surface area contributed by atoms with Crippen LogP contribution in [-0.4, -0.2) is 18.6 Å². The van der Waals surface area contributed by atoms with Crippen LogP contribution in [-0.2, 0) is 13.2 Å². The topological polar surface area (TPSA) is 43.4 Å². The Labute approximate surface area is 126 Å². The molecule has 0 amide bonds. The molecular weight excluding hydrogens is 264 g/mol. The average Bonchev–Trinajstić information content (AvgIpc) is 2.54. The molecule has 1 aromatic carbocycles. The zero-order valence-electron chi connectivity index (χ0n) is 12.6. The summed E-state index contributed by atoms with van der Waals surface area (Å²) < 4.78 is 11.0. The normalized spacial score (nSPS) is 10.4. The molecule has 0 saturated carbocycles. The maximum atomic E-state index is 5.77. The van der Waals surface area contributed by atoms with E-state index < -0.39 is 0 Å². The maximum absolute atomic E-state index is 5.77. The second kappa shape index (κ2) is 8.27. The van der Waals surface area contributed by atoms with E-state index in [1.54, 1.807) is 13.3 Å². The highest BCUT2D eigenvalue weighted by atomic mass is 16.5. The third-order valence-corrected chi connectivity index (χ3v) is 3.12. The SMILES string of the molecule is CCCNCc1ccc(OCc2cccnc2OC)cc1. The zero-order valence-corrected chi connectivity index (χ0v) is 12.6. The van der Waals surface area contributed by atoms with E-state index in [0.717, 1.165) is 30.8 Å². The number of hydrogen-bond acceptors (Lipinski definition) is 4. The Kier molecular flexibility index (Phi) is 6.03. The fourth-order valence-corrected chi connectivity index (χ4v) is 1.99. The summed E-state index contributed by atoms with van der Waals surface area (Å²) in [4.78, 5) is 4.15. The van der Waals surface area contributed by atoms with Crippen LogP contribution in [0.25, 0.3) is 0 Å². The summed E-state index contributed by atoms with van der Waals surface area (Å²) in [5.41, 5.74) is 2.20. The summed E-state index contributed by atoms with van der Waals surface area (Å²) >= 11 is 0. The van der Waals surface area contributed by atoms with Gasteiger partial charge in [0.05, 0.1) is 12.7 Å². The Hall–Kier alpha value is -2.07. The lowest BCUT2D eigenvalue weighted by atomic mass is 10.2. The van der Waals surface area contributed by atoms with Crippen LogP contribution in [0, 0.1) is 0 Å². The van der Waals surface area contributed by atoms with E-state index in [9.17, 15) is 0 Å². The monoisotopic (exact) mass is 286 g/mol. The number of nitrogens with one attached hydrogen (secondary N) is 1. The number of methoxy groups -OCH3 is 1. The van der Waals surface area contributed by atoms with Crippen LogP contribution in [0.3, 0.4) is 0 Å². The zero-order chi connectivity index (χ0) is 14.9. The van der Waals surface area contributed by atoms with E-state index in [1.807, 2.05) is 24.3 Å². The van der Waals surface area contributed by atoms with Crippen molar-refractivity contribution in [3.8, 4) is 11.6 Å². The molecule has 112 valence electrons. The molecule has 21 heavy (non-hydrogen) atoms. The molecular formula is C17H22N2O2. The number of hydrogen-bond donors (Lipinski definition) is 1. The number of benzene rings is 1. The summed E-state index contributed by atoms with van der Waals surface area (Å²) in [6.45, 7) is 4.55. The van der Waals surface area contributed by atoms with Gasteiger partial charge in [0.25, 0.3) is 0 Å². The molecule has 0 aliphatic carbocycles. The first-order chi connectivity index (χ1) is 10.3. The van der Waals surface area contributed by atoms with Crippen LogP contribution in [0.1, 0.15) is 24.5 Å². The summed E-state index contributed by atoms with van der Waals surface area (Å²) in [5.74, 6) is 1.46. The fourth-order valence-electron chi connectivity index (χ4n) is 1.99. The summed E-state index contributed by atoms with van der Waals surface area (Å²) in [6.07, 6.45) is 2.86. The number of pyridine rings is 1. The molecule has 2 aromatic rings. The summed E-state index contributed by atoms with van der Waals surface area (Å²) in [7, 11) is 1.62. The van der Waals surface area contributed by atoms with Gasteiger partial charge in [0.1, 0.15) is 12.4 Å². The minimum Gasteiger partial charge on any atom is -0.489 e. The molecule has 0 saturated heterocycles. The molecule has 0 bridgehead atoms. The largest absolute Gasteiger partial charge is 0.489 e. The molecule has 0 atom stereocenters. The summed E-state index contributed by atoms with van der Waals surface area (Å²) in [5, 5.41) is 3.38. The van der Waals surface area contributed by atoms with Crippen LogP contribution in [0.15, 0.2) is 42.6 Å². The maximum Gasteiger partial charge on any atom is 0.219 e. The van der Waals surface area contributed by atoms with Gasteiger partial charge in [-0.3, -0.25) is 0 Å². The second-order valence-corrected chi connectivity index (χ2v) is 4.78. The van der Waals surface area contributed by atoms with Gasteiger partial charge in [-0.15, -0.1) is 0 Å². The van der Waals surface area contributed by atoms with Crippen molar-refractivity contribution in [3.63, 3.8) is 0 Å². The molecule has 0 radical (unpaired) electrons. The predicted octanol–water partition coefficient (Wildman–Crippen LogP) is 3.17. The van der Waals surface area contributed by atoms with Crippen LogP contribution in [0.2, 0.25) is 0 Å².